The summed E-state index contributed by atoms with van der Waals surface area (Å²) in [6.07, 6.45) is 6.44. The minimum atomic E-state index is -0.792. The molecular formula is C33H36F2N6O3S. The van der Waals surface area contributed by atoms with Crippen molar-refractivity contribution >= 4 is 49.4 Å². The lowest BCUT2D eigenvalue weighted by molar-refractivity contribution is 0.0636. The number of thiophene rings is 1. The summed E-state index contributed by atoms with van der Waals surface area (Å²) < 4.78 is 43.1. The second-order valence-electron chi connectivity index (χ2n) is 13.2. The molecule has 9 nitrogen and oxygen atoms in total. The van der Waals surface area contributed by atoms with Crippen LogP contribution in [0.15, 0.2) is 12.4 Å². The number of aromatic nitrogens is 3. The molecule has 0 aliphatic carbocycles. The Morgan fingerprint density at radius 1 is 1.24 bits per heavy atom. The lowest BCUT2D eigenvalue weighted by Gasteiger charge is -2.19. The summed E-state index contributed by atoms with van der Waals surface area (Å²) in [6, 6.07) is 2.07. The number of ether oxygens (including phenoxy) is 2. The number of nitriles is 1. The molecule has 5 heterocycles. The minimum absolute atomic E-state index is 0.0287. The Morgan fingerprint density at radius 2 is 2.02 bits per heavy atom. The van der Waals surface area contributed by atoms with E-state index in [0.717, 1.165) is 49.0 Å². The van der Waals surface area contributed by atoms with Gasteiger partial charge in [-0.15, -0.1) is 11.3 Å². The fourth-order valence-electron chi connectivity index (χ4n) is 6.22. The van der Waals surface area contributed by atoms with E-state index in [1.54, 1.807) is 27.0 Å². The normalized spacial score (nSPS) is 16.5. The monoisotopic (exact) mass is 634 g/mol. The van der Waals surface area contributed by atoms with E-state index in [4.69, 9.17) is 14.5 Å². The van der Waals surface area contributed by atoms with Crippen molar-refractivity contribution < 1.29 is 23.0 Å². The largest absolute Gasteiger partial charge is 0.444 e. The van der Waals surface area contributed by atoms with Crippen molar-refractivity contribution in [3.8, 4) is 17.3 Å². The first kappa shape index (κ1) is 31.0. The number of rotatable bonds is 7. The highest BCUT2D eigenvalue weighted by atomic mass is 32.1. The predicted molar refractivity (Wildman–Crippen MR) is 170 cm³/mol. The molecule has 1 amide bonds. The topological polar surface area (TPSA) is 113 Å². The first-order chi connectivity index (χ1) is 21.4. The van der Waals surface area contributed by atoms with E-state index in [2.05, 4.69) is 40.1 Å². The van der Waals surface area contributed by atoms with Gasteiger partial charge in [-0.3, -0.25) is 10.3 Å². The number of hydrogen-bond donors (Lipinski definition) is 1. The standard InChI is InChI=1S/C33H36F2N6O3S/c1-17(2)7-6-8-18-9-10-41(14-18)31-38-12-20-21-15-43-16-22(21)24(26(35)27(20)39-31)28-25-19(11-36)30(40-32(42)44-33(3,4)5)45-29(25)23(34)13-37-28/h12-13,17-18H,6-10,14-16H2,1-5H3,(H,40,42). The van der Waals surface area contributed by atoms with Crippen LogP contribution in [0.3, 0.4) is 0 Å². The molecule has 6 rings (SSSR count). The van der Waals surface area contributed by atoms with Gasteiger partial charge in [-0.1, -0.05) is 26.7 Å². The highest BCUT2D eigenvalue weighted by Crippen LogP contribution is 2.46. The summed E-state index contributed by atoms with van der Waals surface area (Å²) in [5.41, 5.74) is 0.799. The van der Waals surface area contributed by atoms with E-state index in [0.29, 0.717) is 28.7 Å². The summed E-state index contributed by atoms with van der Waals surface area (Å²) in [5, 5.41) is 13.5. The molecule has 0 bridgehead atoms. The second kappa shape index (κ2) is 12.1. The van der Waals surface area contributed by atoms with Crippen molar-refractivity contribution in [2.75, 3.05) is 23.3 Å². The van der Waals surface area contributed by atoms with E-state index in [-0.39, 0.29) is 50.6 Å². The van der Waals surface area contributed by atoms with Crippen LogP contribution < -0.4 is 10.2 Å². The summed E-state index contributed by atoms with van der Waals surface area (Å²) in [7, 11) is 0. The average Bonchev–Trinajstić information content (AvgIpc) is 3.72. The summed E-state index contributed by atoms with van der Waals surface area (Å²) >= 11 is 0.872. The third kappa shape index (κ3) is 6.03. The number of fused-ring (bicyclic) bond motifs is 4. The van der Waals surface area contributed by atoms with Gasteiger partial charge in [-0.05, 0) is 56.6 Å². The lowest BCUT2D eigenvalue weighted by Crippen LogP contribution is -2.27. The Morgan fingerprint density at radius 3 is 2.76 bits per heavy atom. The highest BCUT2D eigenvalue weighted by Gasteiger charge is 2.32. The zero-order chi connectivity index (χ0) is 32.0. The number of carbonyl (C=O) groups is 1. The molecule has 45 heavy (non-hydrogen) atoms. The molecule has 2 aliphatic rings. The smallest absolute Gasteiger partial charge is 0.412 e. The molecule has 2 aliphatic heterocycles. The van der Waals surface area contributed by atoms with E-state index in [9.17, 15) is 10.1 Å². The van der Waals surface area contributed by atoms with Crippen LogP contribution in [0.2, 0.25) is 0 Å². The molecule has 1 atom stereocenters. The lowest BCUT2D eigenvalue weighted by atomic mass is 9.94. The van der Waals surface area contributed by atoms with Gasteiger partial charge in [0.05, 0.1) is 35.4 Å². The Hall–Kier alpha value is -3.95. The maximum atomic E-state index is 16.8. The molecule has 1 unspecified atom stereocenters. The quantitative estimate of drug-likeness (QED) is 0.217. The third-order valence-corrected chi connectivity index (χ3v) is 9.40. The molecule has 0 saturated carbocycles. The first-order valence-corrected chi connectivity index (χ1v) is 16.1. The Balaban J connectivity index is 1.44. The number of nitrogens with one attached hydrogen (secondary N) is 1. The molecule has 236 valence electrons. The molecule has 4 aromatic rings. The number of amides is 1. The van der Waals surface area contributed by atoms with E-state index in [1.807, 2.05) is 0 Å². The molecule has 1 N–H and O–H groups in total. The van der Waals surface area contributed by atoms with Gasteiger partial charge in [-0.2, -0.15) is 5.26 Å². The molecule has 3 aromatic heterocycles. The maximum absolute atomic E-state index is 16.8. The van der Waals surface area contributed by atoms with Crippen LogP contribution >= 0.6 is 11.3 Å². The Labute approximate surface area is 264 Å². The van der Waals surface area contributed by atoms with Crippen LogP contribution in [0.1, 0.15) is 77.0 Å². The van der Waals surface area contributed by atoms with Gasteiger partial charge >= 0.3 is 6.09 Å². The Kier molecular flexibility index (Phi) is 8.35. The second-order valence-corrected chi connectivity index (χ2v) is 14.2. The Bertz CT molecular complexity index is 1840. The third-order valence-electron chi connectivity index (χ3n) is 8.28. The number of hydrogen-bond acceptors (Lipinski definition) is 9. The van der Waals surface area contributed by atoms with Gasteiger partial charge in [-0.25, -0.2) is 23.5 Å². The first-order valence-electron chi connectivity index (χ1n) is 15.3. The van der Waals surface area contributed by atoms with Crippen molar-refractivity contribution in [1.82, 2.24) is 15.0 Å². The molecule has 1 saturated heterocycles. The van der Waals surface area contributed by atoms with Crippen LogP contribution in [0.25, 0.3) is 32.2 Å². The number of benzene rings is 1. The zero-order valence-electron chi connectivity index (χ0n) is 26.1. The fraction of sp³-hybridized carbons (Fsp3) is 0.485. The number of nitrogens with zero attached hydrogens (tertiary/aromatic N) is 5. The van der Waals surface area contributed by atoms with Crippen molar-refractivity contribution in [2.24, 2.45) is 11.8 Å². The number of halogens is 2. The van der Waals surface area contributed by atoms with E-state index in [1.165, 1.54) is 12.8 Å². The SMILES string of the molecule is CC(C)CCCC1CCN(c2ncc3c4c(c(-c5ncc(F)c6sc(NC(=O)OC(C)(C)C)c(C#N)c56)c(F)c3n2)COC4)C1. The molecule has 0 spiro atoms. The van der Waals surface area contributed by atoms with Gasteiger partial charge in [0.1, 0.15) is 22.2 Å². The number of pyridine rings is 1. The van der Waals surface area contributed by atoms with Gasteiger partial charge in [0, 0.05) is 35.6 Å². The van der Waals surface area contributed by atoms with Crippen molar-refractivity contribution in [2.45, 2.75) is 79.1 Å². The number of anilines is 2. The average molecular weight is 635 g/mol. The van der Waals surface area contributed by atoms with E-state index < -0.39 is 23.3 Å². The van der Waals surface area contributed by atoms with Crippen LogP contribution in [0.5, 0.6) is 0 Å². The zero-order valence-corrected chi connectivity index (χ0v) is 26.9. The van der Waals surface area contributed by atoms with Gasteiger partial charge in [0.15, 0.2) is 11.6 Å². The van der Waals surface area contributed by atoms with Crippen molar-refractivity contribution in [1.29, 1.82) is 5.26 Å². The minimum Gasteiger partial charge on any atom is -0.444 e. The van der Waals surface area contributed by atoms with Gasteiger partial charge in [0.25, 0.3) is 0 Å². The highest BCUT2D eigenvalue weighted by molar-refractivity contribution is 7.23. The molecule has 1 fully saturated rings. The van der Waals surface area contributed by atoms with Gasteiger partial charge < -0.3 is 14.4 Å². The van der Waals surface area contributed by atoms with Crippen LogP contribution in [-0.2, 0) is 22.7 Å². The van der Waals surface area contributed by atoms with E-state index >= 15 is 8.78 Å². The van der Waals surface area contributed by atoms with Crippen molar-refractivity contribution in [3.05, 3.63) is 40.7 Å². The van der Waals surface area contributed by atoms with Crippen LogP contribution in [0, 0.1) is 34.8 Å². The van der Waals surface area contributed by atoms with Crippen LogP contribution in [-0.4, -0.2) is 39.7 Å². The summed E-state index contributed by atoms with van der Waals surface area (Å²) in [6.45, 7) is 11.6. The molecular weight excluding hydrogens is 598 g/mol. The number of carbonyl (C=O) groups excluding carboxylic acids is 1. The maximum Gasteiger partial charge on any atom is 0.412 e. The molecule has 1 aromatic carbocycles. The summed E-state index contributed by atoms with van der Waals surface area (Å²) in [5.74, 6) is 0.357. The van der Waals surface area contributed by atoms with Gasteiger partial charge in [0.2, 0.25) is 5.95 Å². The molecule has 12 heteroatoms. The predicted octanol–water partition coefficient (Wildman–Crippen LogP) is 8.09. The fourth-order valence-corrected chi connectivity index (χ4v) is 7.26. The van der Waals surface area contributed by atoms with Crippen LogP contribution in [0.4, 0.5) is 24.5 Å². The summed E-state index contributed by atoms with van der Waals surface area (Å²) in [4.78, 5) is 28.4. The van der Waals surface area contributed by atoms with Crippen molar-refractivity contribution in [3.63, 3.8) is 0 Å². The molecule has 0 radical (unpaired) electrons.